The first-order chi connectivity index (χ1) is 5.76. The van der Waals surface area contributed by atoms with E-state index in [9.17, 15) is 0 Å². The Morgan fingerprint density at radius 2 is 2.33 bits per heavy atom. The molecule has 1 heterocycles. The number of nitrogens with zero attached hydrogens (tertiary/aromatic N) is 1. The minimum absolute atomic E-state index is 0.507. The van der Waals surface area contributed by atoms with Crippen LogP contribution >= 0.6 is 12.2 Å². The molecule has 12 heavy (non-hydrogen) atoms. The standard InChI is InChI=1S/C7H12N4S/c1-8-4-5-3-6(9-2)11-7(12)10-5/h3,8H,4H2,1-2H3,(H2,9,10,11,12). The first kappa shape index (κ1) is 9.15. The number of nitrogens with one attached hydrogen (secondary N) is 3. The van der Waals surface area contributed by atoms with Gasteiger partial charge in [0.25, 0.3) is 0 Å². The fraction of sp³-hybridized carbons (Fsp3) is 0.429. The molecule has 1 aromatic rings. The minimum Gasteiger partial charge on any atom is -0.373 e. The van der Waals surface area contributed by atoms with E-state index in [-0.39, 0.29) is 0 Å². The van der Waals surface area contributed by atoms with Gasteiger partial charge in [-0.2, -0.15) is 0 Å². The normalized spacial score (nSPS) is 9.83. The van der Waals surface area contributed by atoms with Gasteiger partial charge in [0.2, 0.25) is 0 Å². The summed E-state index contributed by atoms with van der Waals surface area (Å²) in [6.07, 6.45) is 0. The number of aromatic amines is 1. The molecule has 0 aliphatic rings. The summed E-state index contributed by atoms with van der Waals surface area (Å²) in [6.45, 7) is 0.765. The molecule has 0 radical (unpaired) electrons. The van der Waals surface area contributed by atoms with Crippen molar-refractivity contribution < 1.29 is 0 Å². The molecule has 3 N–H and O–H groups in total. The van der Waals surface area contributed by atoms with Gasteiger partial charge in [-0.3, -0.25) is 0 Å². The number of hydrogen-bond donors (Lipinski definition) is 3. The fourth-order valence-corrected chi connectivity index (χ4v) is 1.15. The van der Waals surface area contributed by atoms with Crippen molar-refractivity contribution in [3.63, 3.8) is 0 Å². The van der Waals surface area contributed by atoms with Crippen LogP contribution in [0.5, 0.6) is 0 Å². The second-order valence-electron chi connectivity index (χ2n) is 2.38. The van der Waals surface area contributed by atoms with Gasteiger partial charge in [0.05, 0.1) is 0 Å². The lowest BCUT2D eigenvalue weighted by Crippen LogP contribution is -2.08. The molecule has 0 atom stereocenters. The number of H-pyrrole nitrogens is 1. The highest BCUT2D eigenvalue weighted by atomic mass is 32.1. The average Bonchev–Trinajstić information content (AvgIpc) is 2.04. The van der Waals surface area contributed by atoms with Crippen LogP contribution in [0, 0.1) is 4.77 Å². The minimum atomic E-state index is 0.507. The van der Waals surface area contributed by atoms with Crippen LogP contribution in [0.2, 0.25) is 0 Å². The second-order valence-corrected chi connectivity index (χ2v) is 2.76. The summed E-state index contributed by atoms with van der Waals surface area (Å²) < 4.78 is 0.507. The van der Waals surface area contributed by atoms with Crippen molar-refractivity contribution in [1.82, 2.24) is 15.3 Å². The second kappa shape index (κ2) is 4.18. The summed E-state index contributed by atoms with van der Waals surface area (Å²) in [5.41, 5.74) is 1.03. The van der Waals surface area contributed by atoms with E-state index in [0.717, 1.165) is 18.1 Å². The summed E-state index contributed by atoms with van der Waals surface area (Å²) >= 11 is 4.93. The molecule has 0 aliphatic carbocycles. The van der Waals surface area contributed by atoms with Gasteiger partial charge in [-0.05, 0) is 19.3 Å². The Bertz CT molecular complexity index is 307. The van der Waals surface area contributed by atoms with E-state index in [1.165, 1.54) is 0 Å². The highest BCUT2D eigenvalue weighted by Crippen LogP contribution is 2.02. The number of rotatable bonds is 3. The molecule has 0 unspecified atom stereocenters. The summed E-state index contributed by atoms with van der Waals surface area (Å²) in [5, 5.41) is 5.97. The first-order valence-electron chi connectivity index (χ1n) is 3.69. The predicted octanol–water partition coefficient (Wildman–Crippen LogP) is 0.900. The zero-order valence-electron chi connectivity index (χ0n) is 7.14. The van der Waals surface area contributed by atoms with Gasteiger partial charge in [-0.15, -0.1) is 0 Å². The SMILES string of the molecule is CNCc1cc(NC)nc(=S)[nH]1. The van der Waals surface area contributed by atoms with E-state index in [1.807, 2.05) is 20.2 Å². The van der Waals surface area contributed by atoms with Crippen LogP contribution in [0.3, 0.4) is 0 Å². The molecule has 0 fully saturated rings. The molecule has 5 heteroatoms. The molecule has 1 aromatic heterocycles. The molecule has 0 spiro atoms. The summed E-state index contributed by atoms with van der Waals surface area (Å²) in [5.74, 6) is 0.795. The molecule has 0 aromatic carbocycles. The quantitative estimate of drug-likeness (QED) is 0.611. The number of anilines is 1. The van der Waals surface area contributed by atoms with Crippen molar-refractivity contribution in [2.45, 2.75) is 6.54 Å². The lowest BCUT2D eigenvalue weighted by atomic mass is 10.4. The van der Waals surface area contributed by atoms with Crippen molar-refractivity contribution >= 4 is 18.0 Å². The maximum atomic E-state index is 4.93. The molecular formula is C7H12N4S. The molecule has 66 valence electrons. The van der Waals surface area contributed by atoms with E-state index in [4.69, 9.17) is 12.2 Å². The van der Waals surface area contributed by atoms with Crippen LogP contribution in [0.15, 0.2) is 6.07 Å². The Hall–Kier alpha value is -0.940. The van der Waals surface area contributed by atoms with Gasteiger partial charge in [0, 0.05) is 25.4 Å². The zero-order chi connectivity index (χ0) is 8.97. The van der Waals surface area contributed by atoms with Gasteiger partial charge in [0.1, 0.15) is 5.82 Å². The number of aromatic nitrogens is 2. The van der Waals surface area contributed by atoms with Crippen molar-refractivity contribution in [3.8, 4) is 0 Å². The van der Waals surface area contributed by atoms with Gasteiger partial charge in [0.15, 0.2) is 4.77 Å². The third-order valence-corrected chi connectivity index (χ3v) is 1.62. The molecule has 4 nitrogen and oxygen atoms in total. The van der Waals surface area contributed by atoms with E-state index in [1.54, 1.807) is 0 Å². The molecule has 0 saturated heterocycles. The maximum absolute atomic E-state index is 4.93. The van der Waals surface area contributed by atoms with E-state index < -0.39 is 0 Å². The van der Waals surface area contributed by atoms with Crippen molar-refractivity contribution in [3.05, 3.63) is 16.5 Å². The van der Waals surface area contributed by atoms with E-state index >= 15 is 0 Å². The van der Waals surface area contributed by atoms with Gasteiger partial charge in [-0.1, -0.05) is 0 Å². The fourth-order valence-electron chi connectivity index (χ4n) is 0.922. The van der Waals surface area contributed by atoms with Crippen molar-refractivity contribution in [2.75, 3.05) is 19.4 Å². The molecule has 0 bridgehead atoms. The highest BCUT2D eigenvalue weighted by molar-refractivity contribution is 7.71. The highest BCUT2D eigenvalue weighted by Gasteiger charge is 1.94. The zero-order valence-corrected chi connectivity index (χ0v) is 7.96. The van der Waals surface area contributed by atoms with E-state index in [0.29, 0.717) is 4.77 Å². The largest absolute Gasteiger partial charge is 0.373 e. The monoisotopic (exact) mass is 184 g/mol. The predicted molar refractivity (Wildman–Crippen MR) is 51.7 cm³/mol. The van der Waals surface area contributed by atoms with Crippen molar-refractivity contribution in [1.29, 1.82) is 0 Å². The molecule has 0 saturated carbocycles. The Morgan fingerprint density at radius 3 is 2.92 bits per heavy atom. The molecule has 0 aliphatic heterocycles. The Kier molecular flexibility index (Phi) is 3.19. The van der Waals surface area contributed by atoms with Crippen LogP contribution in [0.4, 0.5) is 5.82 Å². The van der Waals surface area contributed by atoms with E-state index in [2.05, 4.69) is 20.6 Å². The lowest BCUT2D eigenvalue weighted by Gasteiger charge is -2.03. The van der Waals surface area contributed by atoms with Crippen LogP contribution in [0.1, 0.15) is 5.69 Å². The lowest BCUT2D eigenvalue weighted by molar-refractivity contribution is 0.784. The van der Waals surface area contributed by atoms with Gasteiger partial charge < -0.3 is 15.6 Å². The topological polar surface area (TPSA) is 52.7 Å². The third kappa shape index (κ3) is 2.28. The Labute approximate surface area is 76.4 Å². The Morgan fingerprint density at radius 1 is 1.58 bits per heavy atom. The summed E-state index contributed by atoms with van der Waals surface area (Å²) in [7, 11) is 3.70. The maximum Gasteiger partial charge on any atom is 0.198 e. The Balaban J connectivity index is 2.98. The summed E-state index contributed by atoms with van der Waals surface area (Å²) in [6, 6.07) is 1.92. The number of hydrogen-bond acceptors (Lipinski definition) is 4. The molecule has 0 amide bonds. The van der Waals surface area contributed by atoms with Crippen LogP contribution in [0.25, 0.3) is 0 Å². The van der Waals surface area contributed by atoms with Gasteiger partial charge in [-0.25, -0.2) is 4.98 Å². The van der Waals surface area contributed by atoms with Crippen LogP contribution in [-0.4, -0.2) is 24.1 Å². The van der Waals surface area contributed by atoms with Crippen LogP contribution < -0.4 is 10.6 Å². The van der Waals surface area contributed by atoms with Gasteiger partial charge >= 0.3 is 0 Å². The summed E-state index contributed by atoms with van der Waals surface area (Å²) in [4.78, 5) is 7.04. The molecule has 1 rings (SSSR count). The van der Waals surface area contributed by atoms with Crippen LogP contribution in [-0.2, 0) is 6.54 Å². The smallest absolute Gasteiger partial charge is 0.198 e. The average molecular weight is 184 g/mol. The van der Waals surface area contributed by atoms with Crippen molar-refractivity contribution in [2.24, 2.45) is 0 Å². The molecular weight excluding hydrogens is 172 g/mol. The first-order valence-corrected chi connectivity index (χ1v) is 4.09. The third-order valence-electron chi connectivity index (χ3n) is 1.42.